The van der Waals surface area contributed by atoms with E-state index in [4.69, 9.17) is 11.6 Å². The molecule has 4 aliphatic carbocycles. The highest BCUT2D eigenvalue weighted by atomic mass is 35.5. The summed E-state index contributed by atoms with van der Waals surface area (Å²) in [6.45, 7) is 4.23. The van der Waals surface area contributed by atoms with E-state index in [9.17, 15) is 8.78 Å². The number of halogens is 3. The summed E-state index contributed by atoms with van der Waals surface area (Å²) < 4.78 is 29.0. The van der Waals surface area contributed by atoms with Gasteiger partial charge in [0.05, 0.1) is 5.38 Å². The molecule has 0 aliphatic heterocycles. The molecule has 0 bridgehead atoms. The number of alkyl halides is 3. The van der Waals surface area contributed by atoms with Crippen molar-refractivity contribution in [2.24, 2.45) is 28.6 Å². The first-order chi connectivity index (χ1) is 10.3. The third-order valence-electron chi connectivity index (χ3n) is 7.99. The van der Waals surface area contributed by atoms with Crippen molar-refractivity contribution in [3.63, 3.8) is 0 Å². The SMILES string of the molecule is C[C@]12CCCC=C1[C@@H](Cl)C[C@@H]1[C@@H]2CC[C@@]2(C)[C@H]1CCC2(F)F. The monoisotopic (exact) mass is 328 g/mol. The predicted octanol–water partition coefficient (Wildman–Crippen LogP) is 6.19. The lowest BCUT2D eigenvalue weighted by Crippen LogP contribution is -2.54. The van der Waals surface area contributed by atoms with Crippen LogP contribution in [0.4, 0.5) is 8.78 Å². The molecule has 0 heterocycles. The van der Waals surface area contributed by atoms with E-state index in [1.54, 1.807) is 0 Å². The molecular formula is C19H27ClF2. The molecule has 3 saturated carbocycles. The van der Waals surface area contributed by atoms with Crippen molar-refractivity contribution in [2.75, 3.05) is 0 Å². The Kier molecular flexibility index (Phi) is 3.30. The van der Waals surface area contributed by atoms with Gasteiger partial charge in [-0.2, -0.15) is 0 Å². The molecule has 0 amide bonds. The summed E-state index contributed by atoms with van der Waals surface area (Å²) in [5, 5.41) is 0.0723. The number of hydrogen-bond acceptors (Lipinski definition) is 0. The first-order valence-corrected chi connectivity index (χ1v) is 9.46. The number of allylic oxidation sites excluding steroid dienone is 2. The van der Waals surface area contributed by atoms with Crippen LogP contribution in [0.5, 0.6) is 0 Å². The van der Waals surface area contributed by atoms with Gasteiger partial charge in [-0.05, 0) is 68.1 Å². The van der Waals surface area contributed by atoms with Gasteiger partial charge in [0.15, 0.2) is 0 Å². The predicted molar refractivity (Wildman–Crippen MR) is 86.3 cm³/mol. The second kappa shape index (κ2) is 4.71. The molecule has 3 fully saturated rings. The van der Waals surface area contributed by atoms with Gasteiger partial charge in [-0.3, -0.25) is 0 Å². The summed E-state index contributed by atoms with van der Waals surface area (Å²) >= 11 is 6.75. The van der Waals surface area contributed by atoms with Crippen LogP contribution in [0.25, 0.3) is 0 Å². The second-order valence-corrected chi connectivity index (χ2v) is 9.28. The Balaban J connectivity index is 1.73. The molecule has 0 aromatic carbocycles. The maximum absolute atomic E-state index is 14.5. The van der Waals surface area contributed by atoms with Gasteiger partial charge in [0.1, 0.15) is 0 Å². The molecule has 124 valence electrons. The van der Waals surface area contributed by atoms with Gasteiger partial charge in [-0.1, -0.05) is 25.5 Å². The van der Waals surface area contributed by atoms with Crippen molar-refractivity contribution in [2.45, 2.75) is 76.5 Å². The van der Waals surface area contributed by atoms with Gasteiger partial charge in [-0.25, -0.2) is 8.78 Å². The smallest absolute Gasteiger partial charge is 0.206 e. The van der Waals surface area contributed by atoms with E-state index in [1.165, 1.54) is 18.4 Å². The molecule has 3 heteroatoms. The van der Waals surface area contributed by atoms with E-state index in [1.807, 2.05) is 6.92 Å². The first kappa shape index (κ1) is 15.4. The van der Waals surface area contributed by atoms with Crippen molar-refractivity contribution in [3.05, 3.63) is 11.6 Å². The van der Waals surface area contributed by atoms with Crippen LogP contribution in [0.2, 0.25) is 0 Å². The van der Waals surface area contributed by atoms with Gasteiger partial charge in [0.2, 0.25) is 0 Å². The standard InChI is InChI=1S/C19H27ClF2/c1-17-8-4-3-5-15(17)16(20)11-12-13(17)6-9-18(2)14(12)7-10-19(18,21)22/h5,12-14,16H,3-4,6-11H2,1-2H3/t12-,13+,14+,16+,17-,18+/m1/s1. The molecule has 0 aromatic heterocycles. The van der Waals surface area contributed by atoms with Crippen molar-refractivity contribution >= 4 is 11.6 Å². The average Bonchev–Trinajstić information content (AvgIpc) is 2.70. The van der Waals surface area contributed by atoms with Crippen molar-refractivity contribution in [3.8, 4) is 0 Å². The third kappa shape index (κ3) is 1.79. The zero-order chi connectivity index (χ0) is 15.8. The lowest BCUT2D eigenvalue weighted by atomic mass is 9.47. The fraction of sp³-hybridized carbons (Fsp3) is 0.895. The minimum atomic E-state index is -2.48. The van der Waals surface area contributed by atoms with Crippen LogP contribution >= 0.6 is 11.6 Å². The molecule has 22 heavy (non-hydrogen) atoms. The number of fused-ring (bicyclic) bond motifs is 5. The zero-order valence-corrected chi connectivity index (χ0v) is 14.4. The fourth-order valence-electron chi connectivity index (χ4n) is 6.69. The highest BCUT2D eigenvalue weighted by Gasteiger charge is 2.66. The highest BCUT2D eigenvalue weighted by Crippen LogP contribution is 2.69. The Morgan fingerprint density at radius 3 is 2.59 bits per heavy atom. The summed E-state index contributed by atoms with van der Waals surface area (Å²) in [5.41, 5.74) is 0.833. The van der Waals surface area contributed by atoms with Gasteiger partial charge in [-0.15, -0.1) is 11.6 Å². The van der Waals surface area contributed by atoms with Crippen LogP contribution in [-0.2, 0) is 0 Å². The van der Waals surface area contributed by atoms with E-state index in [2.05, 4.69) is 13.0 Å². The zero-order valence-electron chi connectivity index (χ0n) is 13.7. The fourth-order valence-corrected chi connectivity index (χ4v) is 7.24. The Hall–Kier alpha value is -0.110. The normalized spacial score (nSPS) is 53.2. The molecule has 0 saturated heterocycles. The van der Waals surface area contributed by atoms with Gasteiger partial charge in [0.25, 0.3) is 5.92 Å². The van der Waals surface area contributed by atoms with E-state index >= 15 is 0 Å². The molecule has 0 N–H and O–H groups in total. The molecule has 0 nitrogen and oxygen atoms in total. The summed E-state index contributed by atoms with van der Waals surface area (Å²) in [7, 11) is 0. The quantitative estimate of drug-likeness (QED) is 0.367. The van der Waals surface area contributed by atoms with E-state index < -0.39 is 11.3 Å². The van der Waals surface area contributed by atoms with Crippen molar-refractivity contribution in [1.82, 2.24) is 0 Å². The second-order valence-electron chi connectivity index (χ2n) is 8.75. The third-order valence-corrected chi connectivity index (χ3v) is 8.40. The minimum Gasteiger partial charge on any atom is -0.206 e. The summed E-state index contributed by atoms with van der Waals surface area (Å²) in [6, 6.07) is 0. The van der Waals surface area contributed by atoms with Crippen molar-refractivity contribution in [1.29, 1.82) is 0 Å². The van der Waals surface area contributed by atoms with Gasteiger partial charge in [0, 0.05) is 11.8 Å². The lowest BCUT2D eigenvalue weighted by Gasteiger charge is -2.59. The Labute approximate surface area is 137 Å². The summed E-state index contributed by atoms with van der Waals surface area (Å²) in [4.78, 5) is 0. The van der Waals surface area contributed by atoms with Crippen LogP contribution in [0.1, 0.15) is 65.2 Å². The molecular weight excluding hydrogens is 302 g/mol. The molecule has 0 aromatic rings. The van der Waals surface area contributed by atoms with Gasteiger partial charge >= 0.3 is 0 Å². The maximum Gasteiger partial charge on any atom is 0.253 e. The molecule has 6 atom stereocenters. The van der Waals surface area contributed by atoms with Crippen LogP contribution in [0, 0.1) is 28.6 Å². The van der Waals surface area contributed by atoms with Gasteiger partial charge < -0.3 is 0 Å². The molecule has 0 spiro atoms. The minimum absolute atomic E-state index is 0.0723. The van der Waals surface area contributed by atoms with E-state index in [0.29, 0.717) is 24.7 Å². The first-order valence-electron chi connectivity index (χ1n) is 9.02. The van der Waals surface area contributed by atoms with E-state index in [0.717, 1.165) is 19.3 Å². The van der Waals surface area contributed by atoms with Crippen LogP contribution in [0.3, 0.4) is 0 Å². The van der Waals surface area contributed by atoms with Crippen LogP contribution in [-0.4, -0.2) is 11.3 Å². The Morgan fingerprint density at radius 1 is 1.09 bits per heavy atom. The molecule has 4 rings (SSSR count). The Morgan fingerprint density at radius 2 is 1.82 bits per heavy atom. The van der Waals surface area contributed by atoms with Crippen molar-refractivity contribution < 1.29 is 8.78 Å². The topological polar surface area (TPSA) is 0 Å². The molecule has 4 aliphatic rings. The number of hydrogen-bond donors (Lipinski definition) is 0. The van der Waals surface area contributed by atoms with E-state index in [-0.39, 0.29) is 23.1 Å². The lowest BCUT2D eigenvalue weighted by molar-refractivity contribution is -0.150. The van der Waals surface area contributed by atoms with Crippen LogP contribution in [0.15, 0.2) is 11.6 Å². The molecule has 0 radical (unpaired) electrons. The largest absolute Gasteiger partial charge is 0.253 e. The summed E-state index contributed by atoms with van der Waals surface area (Å²) in [5.74, 6) is -1.34. The average molecular weight is 329 g/mol. The Bertz CT molecular complexity index is 514. The molecule has 0 unspecified atom stereocenters. The summed E-state index contributed by atoms with van der Waals surface area (Å²) in [6.07, 6.45) is 9.30. The number of rotatable bonds is 0. The maximum atomic E-state index is 14.5. The van der Waals surface area contributed by atoms with Crippen LogP contribution < -0.4 is 0 Å². The highest BCUT2D eigenvalue weighted by molar-refractivity contribution is 6.22.